The number of carbonyl (C=O) groups is 1. The van der Waals surface area contributed by atoms with Crippen molar-refractivity contribution in [1.29, 1.82) is 0 Å². The van der Waals surface area contributed by atoms with E-state index in [-0.39, 0.29) is 22.3 Å². The molecule has 0 unspecified atom stereocenters. The summed E-state index contributed by atoms with van der Waals surface area (Å²) in [4.78, 5) is 13.3. The molecule has 0 saturated heterocycles. The van der Waals surface area contributed by atoms with Crippen LogP contribution in [0.5, 0.6) is 0 Å². The van der Waals surface area contributed by atoms with Gasteiger partial charge in [0.25, 0.3) is 0 Å². The van der Waals surface area contributed by atoms with Crippen LogP contribution in [0.1, 0.15) is 12.6 Å². The van der Waals surface area contributed by atoms with Gasteiger partial charge in [0.05, 0.1) is 21.2 Å². The number of alkyl halides is 3. The molecule has 0 spiro atoms. The first kappa shape index (κ1) is 24.3. The van der Waals surface area contributed by atoms with E-state index in [9.17, 15) is 26.4 Å². The van der Waals surface area contributed by atoms with Gasteiger partial charge in [0, 0.05) is 4.88 Å². The Labute approximate surface area is 191 Å². The van der Waals surface area contributed by atoms with E-state index in [2.05, 4.69) is 5.10 Å². The zero-order valence-electron chi connectivity index (χ0n) is 17.0. The predicted octanol–water partition coefficient (Wildman–Crippen LogP) is 4.95. The lowest BCUT2D eigenvalue weighted by Gasteiger charge is -2.06. The van der Waals surface area contributed by atoms with Crippen molar-refractivity contribution >= 4 is 38.9 Å². The normalized spacial score (nSPS) is 12.2. The molecular formula is C20H19F3N2O4S3. The molecule has 0 radical (unpaired) electrons. The monoisotopic (exact) mass is 504 g/mol. The minimum Gasteiger partial charge on any atom is -0.453 e. The molecule has 0 aliphatic rings. The Morgan fingerprint density at radius 1 is 1.19 bits per heavy atom. The number of esters is 1. The summed E-state index contributed by atoms with van der Waals surface area (Å²) in [6, 6.07) is 10.6. The van der Waals surface area contributed by atoms with Crippen molar-refractivity contribution in [2.45, 2.75) is 24.5 Å². The minimum absolute atomic E-state index is 0.0435. The van der Waals surface area contributed by atoms with Crippen LogP contribution in [-0.4, -0.2) is 42.1 Å². The van der Waals surface area contributed by atoms with Gasteiger partial charge in [-0.1, -0.05) is 19.1 Å². The van der Waals surface area contributed by atoms with Gasteiger partial charge in [0.15, 0.2) is 15.5 Å². The Balaban J connectivity index is 1.98. The highest BCUT2D eigenvalue weighted by Crippen LogP contribution is 2.38. The summed E-state index contributed by atoms with van der Waals surface area (Å²) in [5, 5.41) is 3.56. The third kappa shape index (κ3) is 5.54. The van der Waals surface area contributed by atoms with Gasteiger partial charge < -0.3 is 4.74 Å². The van der Waals surface area contributed by atoms with Crippen molar-refractivity contribution < 1.29 is 31.1 Å². The summed E-state index contributed by atoms with van der Waals surface area (Å²) in [7, 11) is -3.40. The maximum atomic E-state index is 13.2. The van der Waals surface area contributed by atoms with Crippen LogP contribution in [0.25, 0.3) is 21.0 Å². The van der Waals surface area contributed by atoms with Gasteiger partial charge in [-0.05, 0) is 42.2 Å². The first-order valence-corrected chi connectivity index (χ1v) is 13.1. The fourth-order valence-corrected chi connectivity index (χ4v) is 5.00. The Morgan fingerprint density at radius 2 is 1.91 bits per heavy atom. The molecule has 0 atom stereocenters. The Morgan fingerprint density at radius 3 is 2.56 bits per heavy atom. The highest BCUT2D eigenvalue weighted by atomic mass is 32.2. The average molecular weight is 505 g/mol. The molecule has 0 fully saturated rings. The van der Waals surface area contributed by atoms with Crippen LogP contribution in [0, 0.1) is 0 Å². The number of thiophene rings is 1. The Hall–Kier alpha value is -2.31. The van der Waals surface area contributed by atoms with E-state index in [1.807, 2.05) is 0 Å². The minimum atomic E-state index is -4.67. The first-order chi connectivity index (χ1) is 15.0. The zero-order valence-corrected chi connectivity index (χ0v) is 19.5. The molecule has 0 aliphatic heterocycles. The molecule has 12 heteroatoms. The SMILES string of the molecule is CCS(=O)(=O)c1cccc(-c2ccc(-c3cc(C(F)(F)F)nn3CC(=O)OCSC)s2)c1. The van der Waals surface area contributed by atoms with E-state index in [0.29, 0.717) is 15.3 Å². The van der Waals surface area contributed by atoms with Gasteiger partial charge >= 0.3 is 12.1 Å². The fourth-order valence-electron chi connectivity index (χ4n) is 2.81. The molecule has 3 aromatic rings. The molecule has 0 saturated carbocycles. The molecule has 3 rings (SSSR count). The number of thioether (sulfide) groups is 1. The van der Waals surface area contributed by atoms with Gasteiger partial charge in [-0.15, -0.1) is 23.1 Å². The van der Waals surface area contributed by atoms with E-state index in [1.54, 1.807) is 37.4 Å². The average Bonchev–Trinajstić information content (AvgIpc) is 3.39. The molecule has 0 aliphatic carbocycles. The molecular weight excluding hydrogens is 485 g/mol. The molecule has 0 amide bonds. The Bertz CT molecular complexity index is 1220. The second kappa shape index (κ2) is 9.67. The molecule has 2 heterocycles. The third-order valence-electron chi connectivity index (χ3n) is 4.40. The van der Waals surface area contributed by atoms with Crippen molar-refractivity contribution in [3.63, 3.8) is 0 Å². The van der Waals surface area contributed by atoms with Crippen LogP contribution >= 0.6 is 23.1 Å². The highest BCUT2D eigenvalue weighted by Gasteiger charge is 2.35. The molecule has 32 heavy (non-hydrogen) atoms. The van der Waals surface area contributed by atoms with E-state index in [1.165, 1.54) is 35.2 Å². The molecule has 0 bridgehead atoms. The molecule has 6 nitrogen and oxygen atoms in total. The lowest BCUT2D eigenvalue weighted by Crippen LogP contribution is -2.16. The maximum Gasteiger partial charge on any atom is 0.435 e. The number of rotatable bonds is 8. The van der Waals surface area contributed by atoms with E-state index >= 15 is 0 Å². The van der Waals surface area contributed by atoms with Crippen LogP contribution < -0.4 is 0 Å². The summed E-state index contributed by atoms with van der Waals surface area (Å²) in [6.45, 7) is 1.08. The van der Waals surface area contributed by atoms with Gasteiger partial charge in [0.1, 0.15) is 12.5 Å². The Kier molecular flexibility index (Phi) is 7.36. The lowest BCUT2D eigenvalue weighted by molar-refractivity contribution is -0.144. The third-order valence-corrected chi connectivity index (χ3v) is 7.65. The van der Waals surface area contributed by atoms with Crippen molar-refractivity contribution in [1.82, 2.24) is 9.78 Å². The van der Waals surface area contributed by atoms with E-state index in [0.717, 1.165) is 10.7 Å². The standard InChI is InChI=1S/C20H19F3N2O4S3/c1-3-32(27,28)14-6-4-5-13(9-14)16-7-8-17(31-16)15-10-18(20(21,22)23)24-25(15)11-19(26)29-12-30-2/h4-10H,3,11-12H2,1-2H3. The number of benzene rings is 1. The lowest BCUT2D eigenvalue weighted by atomic mass is 10.2. The van der Waals surface area contributed by atoms with Crippen molar-refractivity contribution in [2.24, 2.45) is 0 Å². The smallest absolute Gasteiger partial charge is 0.435 e. The second-order valence-corrected chi connectivity index (χ2v) is 10.8. The number of ether oxygens (including phenoxy) is 1. The number of nitrogens with zero attached hydrogens (tertiary/aromatic N) is 2. The summed E-state index contributed by atoms with van der Waals surface area (Å²) in [5.74, 6) is -0.661. The van der Waals surface area contributed by atoms with Gasteiger partial charge in [-0.2, -0.15) is 18.3 Å². The van der Waals surface area contributed by atoms with Crippen LogP contribution in [-0.2, 0) is 32.1 Å². The van der Waals surface area contributed by atoms with E-state index in [4.69, 9.17) is 4.74 Å². The number of hydrogen-bond donors (Lipinski definition) is 0. The molecule has 0 N–H and O–H groups in total. The molecule has 1 aromatic carbocycles. The highest BCUT2D eigenvalue weighted by molar-refractivity contribution is 7.98. The molecule has 2 aromatic heterocycles. The number of halogens is 3. The predicted molar refractivity (Wildman–Crippen MR) is 118 cm³/mol. The van der Waals surface area contributed by atoms with Crippen molar-refractivity contribution in [3.05, 3.63) is 48.2 Å². The summed E-state index contributed by atoms with van der Waals surface area (Å²) >= 11 is 2.43. The van der Waals surface area contributed by atoms with Gasteiger partial charge in [0.2, 0.25) is 0 Å². The zero-order chi connectivity index (χ0) is 23.5. The number of sulfone groups is 1. The fraction of sp³-hybridized carbons (Fsp3) is 0.300. The number of carbonyl (C=O) groups excluding carboxylic acids is 1. The quantitative estimate of drug-likeness (QED) is 0.319. The maximum absolute atomic E-state index is 13.2. The van der Waals surface area contributed by atoms with Crippen molar-refractivity contribution in [3.8, 4) is 21.0 Å². The topological polar surface area (TPSA) is 78.3 Å². The number of hydrogen-bond acceptors (Lipinski definition) is 7. The van der Waals surface area contributed by atoms with Crippen molar-refractivity contribution in [2.75, 3.05) is 17.9 Å². The first-order valence-electron chi connectivity index (χ1n) is 9.28. The second-order valence-electron chi connectivity index (χ2n) is 6.59. The van der Waals surface area contributed by atoms with Crippen LogP contribution in [0.15, 0.2) is 47.4 Å². The molecule has 172 valence electrons. The van der Waals surface area contributed by atoms with Crippen LogP contribution in [0.2, 0.25) is 0 Å². The number of aromatic nitrogens is 2. The van der Waals surface area contributed by atoms with E-state index < -0.39 is 34.2 Å². The van der Waals surface area contributed by atoms with Gasteiger partial charge in [-0.25, -0.2) is 8.42 Å². The summed E-state index contributed by atoms with van der Waals surface area (Å²) < 4.78 is 70.0. The van der Waals surface area contributed by atoms with Gasteiger partial charge in [-0.3, -0.25) is 9.48 Å². The summed E-state index contributed by atoms with van der Waals surface area (Å²) in [6.07, 6.45) is -2.95. The van der Waals surface area contributed by atoms with Crippen LogP contribution in [0.4, 0.5) is 13.2 Å². The largest absolute Gasteiger partial charge is 0.453 e. The van der Waals surface area contributed by atoms with Crippen LogP contribution in [0.3, 0.4) is 0 Å². The summed E-state index contributed by atoms with van der Waals surface area (Å²) in [5.41, 5.74) is -0.375.